The Balaban J connectivity index is 2.04. The molecule has 2 rings (SSSR count). The van der Waals surface area contributed by atoms with E-state index in [4.69, 9.17) is 9.47 Å². The number of hydrogen-bond acceptors (Lipinski definition) is 5. The van der Waals surface area contributed by atoms with Gasteiger partial charge in [-0.05, 0) is 25.0 Å². The van der Waals surface area contributed by atoms with Crippen molar-refractivity contribution in [1.82, 2.24) is 5.32 Å². The first-order valence-electron chi connectivity index (χ1n) is 7.40. The summed E-state index contributed by atoms with van der Waals surface area (Å²) in [6.07, 6.45) is 2.98. The molecule has 0 aromatic heterocycles. The third kappa shape index (κ3) is 5.11. The van der Waals surface area contributed by atoms with Gasteiger partial charge in [-0.15, -0.1) is 0 Å². The van der Waals surface area contributed by atoms with Crippen LogP contribution in [0.1, 0.15) is 12.8 Å². The van der Waals surface area contributed by atoms with Crippen LogP contribution in [0.3, 0.4) is 0 Å². The van der Waals surface area contributed by atoms with E-state index in [2.05, 4.69) is 5.32 Å². The van der Waals surface area contributed by atoms with Crippen molar-refractivity contribution in [2.75, 3.05) is 37.4 Å². The molecule has 1 fully saturated rings. The van der Waals surface area contributed by atoms with Crippen LogP contribution < -0.4 is 14.4 Å². The predicted octanol–water partition coefficient (Wildman–Crippen LogP) is 0.756. The summed E-state index contributed by atoms with van der Waals surface area (Å²) in [4.78, 5) is 12.1. The highest BCUT2D eigenvalue weighted by molar-refractivity contribution is 7.92. The molecule has 1 aromatic carbocycles. The molecule has 1 aliphatic rings. The maximum atomic E-state index is 12.1. The van der Waals surface area contributed by atoms with Gasteiger partial charge in [-0.3, -0.25) is 9.10 Å². The first kappa shape index (κ1) is 17.6. The zero-order chi connectivity index (χ0) is 16.9. The van der Waals surface area contributed by atoms with Crippen molar-refractivity contribution < 1.29 is 22.7 Å². The van der Waals surface area contributed by atoms with Gasteiger partial charge in [0.15, 0.2) is 0 Å². The lowest BCUT2D eigenvalue weighted by molar-refractivity contribution is -0.120. The summed E-state index contributed by atoms with van der Waals surface area (Å²) in [5.41, 5.74) is 0.388. The summed E-state index contributed by atoms with van der Waals surface area (Å²) in [6.45, 7) is 0.826. The van der Waals surface area contributed by atoms with Crippen LogP contribution in [0.15, 0.2) is 24.3 Å². The molecule has 1 aromatic rings. The van der Waals surface area contributed by atoms with Crippen LogP contribution in [0.2, 0.25) is 0 Å². The summed E-state index contributed by atoms with van der Waals surface area (Å²) in [6, 6.07) is 6.59. The average Bonchev–Trinajstić information content (AvgIpc) is 3.03. The molecule has 128 valence electrons. The minimum absolute atomic E-state index is 0.0162. The Morgan fingerprint density at radius 2 is 2.26 bits per heavy atom. The van der Waals surface area contributed by atoms with Crippen molar-refractivity contribution in [3.05, 3.63) is 24.3 Å². The Hall–Kier alpha value is -1.80. The van der Waals surface area contributed by atoms with Crippen LogP contribution in [0.5, 0.6) is 5.75 Å². The molecule has 23 heavy (non-hydrogen) atoms. The third-order valence-electron chi connectivity index (χ3n) is 3.58. The van der Waals surface area contributed by atoms with E-state index in [1.165, 1.54) is 7.11 Å². The second-order valence-corrected chi connectivity index (χ2v) is 7.32. The van der Waals surface area contributed by atoms with Crippen molar-refractivity contribution >= 4 is 21.6 Å². The third-order valence-corrected chi connectivity index (χ3v) is 4.72. The van der Waals surface area contributed by atoms with Gasteiger partial charge in [0.05, 0.1) is 25.2 Å². The molecule has 8 heteroatoms. The molecule has 1 heterocycles. The number of nitrogens with zero attached hydrogens (tertiary/aromatic N) is 1. The van der Waals surface area contributed by atoms with Gasteiger partial charge in [0.2, 0.25) is 15.9 Å². The van der Waals surface area contributed by atoms with Gasteiger partial charge in [0.1, 0.15) is 12.3 Å². The van der Waals surface area contributed by atoms with Gasteiger partial charge in [-0.25, -0.2) is 8.42 Å². The zero-order valence-electron chi connectivity index (χ0n) is 13.3. The maximum absolute atomic E-state index is 12.1. The smallest absolute Gasteiger partial charge is 0.240 e. The molecule has 1 saturated heterocycles. The summed E-state index contributed by atoms with van der Waals surface area (Å²) in [5, 5.41) is 2.72. The number of amides is 1. The van der Waals surface area contributed by atoms with E-state index in [9.17, 15) is 13.2 Å². The predicted molar refractivity (Wildman–Crippen MR) is 87.2 cm³/mol. The van der Waals surface area contributed by atoms with Crippen molar-refractivity contribution in [3.63, 3.8) is 0 Å². The minimum Gasteiger partial charge on any atom is -0.497 e. The lowest BCUT2D eigenvalue weighted by Crippen LogP contribution is -2.42. The molecule has 0 radical (unpaired) electrons. The number of benzene rings is 1. The van der Waals surface area contributed by atoms with Crippen molar-refractivity contribution in [3.8, 4) is 5.75 Å². The van der Waals surface area contributed by atoms with E-state index in [-0.39, 0.29) is 18.6 Å². The van der Waals surface area contributed by atoms with Crippen LogP contribution in [0.4, 0.5) is 5.69 Å². The van der Waals surface area contributed by atoms with Crippen LogP contribution in [0.25, 0.3) is 0 Å². The highest BCUT2D eigenvalue weighted by Gasteiger charge is 2.22. The topological polar surface area (TPSA) is 84.9 Å². The first-order chi connectivity index (χ1) is 10.9. The SMILES string of the molecule is COc1cccc(N(CC(=O)NCC2CCCO2)S(C)(=O)=O)c1. The lowest BCUT2D eigenvalue weighted by atomic mass is 10.2. The number of methoxy groups -OCH3 is 1. The van der Waals surface area contributed by atoms with E-state index < -0.39 is 10.0 Å². The highest BCUT2D eigenvalue weighted by Crippen LogP contribution is 2.22. The molecule has 1 amide bonds. The Bertz CT molecular complexity index is 641. The van der Waals surface area contributed by atoms with Gasteiger partial charge in [-0.1, -0.05) is 6.07 Å². The second kappa shape index (κ2) is 7.65. The van der Waals surface area contributed by atoms with Crippen molar-refractivity contribution in [2.45, 2.75) is 18.9 Å². The van der Waals surface area contributed by atoms with Gasteiger partial charge in [0, 0.05) is 19.2 Å². The molecule has 0 aliphatic carbocycles. The standard InChI is InChI=1S/C15H22N2O5S/c1-21-13-6-3-5-12(9-13)17(23(2,19)20)11-15(18)16-10-14-7-4-8-22-14/h3,5-6,9,14H,4,7-8,10-11H2,1-2H3,(H,16,18). The van der Waals surface area contributed by atoms with Crippen molar-refractivity contribution in [1.29, 1.82) is 0 Å². The number of ether oxygens (including phenoxy) is 2. The summed E-state index contributed by atoms with van der Waals surface area (Å²) < 4.78 is 35.6. The summed E-state index contributed by atoms with van der Waals surface area (Å²) >= 11 is 0. The average molecular weight is 342 g/mol. The Labute approximate surface area is 136 Å². The van der Waals surface area contributed by atoms with E-state index in [1.807, 2.05) is 0 Å². The molecule has 1 N–H and O–H groups in total. The lowest BCUT2D eigenvalue weighted by Gasteiger charge is -2.22. The molecular weight excluding hydrogens is 320 g/mol. The van der Waals surface area contributed by atoms with Crippen molar-refractivity contribution in [2.24, 2.45) is 0 Å². The molecule has 0 bridgehead atoms. The number of rotatable bonds is 7. The monoisotopic (exact) mass is 342 g/mol. The van der Waals surface area contributed by atoms with E-state index in [1.54, 1.807) is 24.3 Å². The number of carbonyl (C=O) groups is 1. The molecule has 1 aliphatic heterocycles. The number of nitrogens with one attached hydrogen (secondary N) is 1. The fourth-order valence-electron chi connectivity index (χ4n) is 2.38. The van der Waals surface area contributed by atoms with Crippen LogP contribution in [-0.4, -0.2) is 53.5 Å². The maximum Gasteiger partial charge on any atom is 0.240 e. The molecule has 1 unspecified atom stereocenters. The summed E-state index contributed by atoms with van der Waals surface area (Å²) in [5.74, 6) is 0.157. The number of sulfonamides is 1. The molecule has 0 spiro atoms. The van der Waals surface area contributed by atoms with Crippen LogP contribution in [-0.2, 0) is 19.6 Å². The largest absolute Gasteiger partial charge is 0.497 e. The zero-order valence-corrected chi connectivity index (χ0v) is 14.1. The summed E-state index contributed by atoms with van der Waals surface area (Å²) in [7, 11) is -2.09. The highest BCUT2D eigenvalue weighted by atomic mass is 32.2. The van der Waals surface area contributed by atoms with Gasteiger partial charge in [-0.2, -0.15) is 0 Å². The number of hydrogen-bond donors (Lipinski definition) is 1. The Morgan fingerprint density at radius 1 is 1.48 bits per heavy atom. The number of carbonyl (C=O) groups excluding carboxylic acids is 1. The minimum atomic E-state index is -3.59. The first-order valence-corrected chi connectivity index (χ1v) is 9.25. The van der Waals surface area contributed by atoms with Gasteiger partial charge < -0.3 is 14.8 Å². The molecule has 1 atom stereocenters. The second-order valence-electron chi connectivity index (χ2n) is 5.41. The van der Waals surface area contributed by atoms with Gasteiger partial charge >= 0.3 is 0 Å². The molecule has 0 saturated carbocycles. The van der Waals surface area contributed by atoms with Gasteiger partial charge in [0.25, 0.3) is 0 Å². The Morgan fingerprint density at radius 3 is 2.87 bits per heavy atom. The quantitative estimate of drug-likeness (QED) is 0.791. The van der Waals surface area contributed by atoms with E-state index >= 15 is 0 Å². The fraction of sp³-hybridized carbons (Fsp3) is 0.533. The normalized spacial score (nSPS) is 17.7. The Kier molecular flexibility index (Phi) is 5.84. The molecule has 7 nitrogen and oxygen atoms in total. The van der Waals surface area contributed by atoms with E-state index in [0.717, 1.165) is 23.4 Å². The fourth-order valence-corrected chi connectivity index (χ4v) is 3.23. The van der Waals surface area contributed by atoms with Crippen LogP contribution >= 0.6 is 0 Å². The van der Waals surface area contributed by atoms with Crippen LogP contribution in [0, 0.1) is 0 Å². The number of anilines is 1. The van der Waals surface area contributed by atoms with E-state index in [0.29, 0.717) is 24.6 Å². The molecular formula is C15H22N2O5S.